The number of hydrogen-bond donors (Lipinski definition) is 0. The Bertz CT molecular complexity index is 1260. The van der Waals surface area contributed by atoms with Gasteiger partial charge >= 0.3 is 0 Å². The van der Waals surface area contributed by atoms with Gasteiger partial charge in [0.2, 0.25) is 10.0 Å². The van der Waals surface area contributed by atoms with E-state index >= 15 is 8.78 Å². The number of halogens is 2. The minimum absolute atomic E-state index is 0.0507. The maximum absolute atomic E-state index is 15.2. The molecule has 0 amide bonds. The molecular weight excluding hydrogens is 472 g/mol. The summed E-state index contributed by atoms with van der Waals surface area (Å²) in [5, 5.41) is 6.99. The van der Waals surface area contributed by atoms with E-state index in [0.717, 1.165) is 18.4 Å². The summed E-state index contributed by atoms with van der Waals surface area (Å²) in [7, 11) is -3.73. The molecule has 1 aromatic heterocycles. The molecule has 0 bridgehead atoms. The molecule has 7 nitrogen and oxygen atoms in total. The molecule has 0 radical (unpaired) electrons. The van der Waals surface area contributed by atoms with E-state index in [1.807, 2.05) is 34.6 Å². The van der Waals surface area contributed by atoms with Crippen molar-refractivity contribution in [2.45, 2.75) is 56.5 Å². The van der Waals surface area contributed by atoms with Gasteiger partial charge in [0.15, 0.2) is 11.6 Å². The Labute approximate surface area is 204 Å². The normalized spacial score (nSPS) is 23.5. The fourth-order valence-corrected chi connectivity index (χ4v) is 7.46. The lowest BCUT2D eigenvalue weighted by molar-refractivity contribution is 0.278. The maximum atomic E-state index is 15.2. The van der Waals surface area contributed by atoms with Crippen molar-refractivity contribution in [1.82, 2.24) is 19.1 Å². The molecule has 2 aliphatic heterocycles. The van der Waals surface area contributed by atoms with Crippen LogP contribution in [0, 0.1) is 11.6 Å². The largest absolute Gasteiger partial charge is 0.369 e. The van der Waals surface area contributed by atoms with Crippen LogP contribution in [0.15, 0.2) is 55.1 Å². The van der Waals surface area contributed by atoms with E-state index in [1.54, 1.807) is 30.9 Å². The summed E-state index contributed by atoms with van der Waals surface area (Å²) in [6, 6.07) is 12.1. The Morgan fingerprint density at radius 2 is 1.60 bits per heavy atom. The highest BCUT2D eigenvalue weighted by Crippen LogP contribution is 2.39. The number of aromatic nitrogens is 3. The Morgan fingerprint density at radius 1 is 0.914 bits per heavy atom. The van der Waals surface area contributed by atoms with Crippen LogP contribution in [-0.4, -0.2) is 46.6 Å². The molecule has 0 aliphatic carbocycles. The lowest BCUT2D eigenvalue weighted by Crippen LogP contribution is -2.45. The first-order valence-corrected chi connectivity index (χ1v) is 13.5. The molecule has 2 unspecified atom stereocenters. The zero-order valence-corrected chi connectivity index (χ0v) is 20.4. The van der Waals surface area contributed by atoms with Crippen molar-refractivity contribution in [3.05, 3.63) is 77.9 Å². The summed E-state index contributed by atoms with van der Waals surface area (Å²) in [4.78, 5) is 1.84. The summed E-state index contributed by atoms with van der Waals surface area (Å²) >= 11 is 0. The monoisotopic (exact) mass is 501 g/mol. The highest BCUT2D eigenvalue weighted by Gasteiger charge is 2.41. The van der Waals surface area contributed by atoms with Crippen LogP contribution >= 0.6 is 0 Å². The number of piperidine rings is 1. The SMILES string of the molecule is CC1CCC(c2ccccc2)S(=O)(=O)N1Cc1ccc(N2CCC(n3cnnc3)CC2)c(F)c1F. The predicted octanol–water partition coefficient (Wildman–Crippen LogP) is 4.45. The Balaban J connectivity index is 1.34. The fraction of sp³-hybridized carbons (Fsp3) is 0.440. The van der Waals surface area contributed by atoms with Gasteiger partial charge in [-0.1, -0.05) is 36.4 Å². The van der Waals surface area contributed by atoms with E-state index in [-0.39, 0.29) is 29.9 Å². The van der Waals surface area contributed by atoms with E-state index in [9.17, 15) is 8.42 Å². The predicted molar refractivity (Wildman–Crippen MR) is 129 cm³/mol. The third-order valence-electron chi connectivity index (χ3n) is 7.33. The van der Waals surface area contributed by atoms with Gasteiger partial charge in [0.05, 0.1) is 5.69 Å². The van der Waals surface area contributed by atoms with Crippen molar-refractivity contribution in [3.63, 3.8) is 0 Å². The highest BCUT2D eigenvalue weighted by atomic mass is 32.2. The zero-order valence-electron chi connectivity index (χ0n) is 19.6. The number of benzene rings is 2. The van der Waals surface area contributed by atoms with Gasteiger partial charge in [-0.05, 0) is 44.2 Å². The summed E-state index contributed by atoms with van der Waals surface area (Å²) in [5.41, 5.74) is 0.987. The molecule has 0 saturated carbocycles. The van der Waals surface area contributed by atoms with Crippen molar-refractivity contribution < 1.29 is 17.2 Å². The first-order valence-electron chi connectivity index (χ1n) is 12.0. The number of sulfonamides is 1. The van der Waals surface area contributed by atoms with Gasteiger partial charge in [-0.2, -0.15) is 4.31 Å². The number of nitrogens with zero attached hydrogens (tertiary/aromatic N) is 5. The van der Waals surface area contributed by atoms with Crippen molar-refractivity contribution >= 4 is 15.7 Å². The van der Waals surface area contributed by atoms with Gasteiger partial charge in [0.25, 0.3) is 0 Å². The van der Waals surface area contributed by atoms with Crippen LogP contribution in [0.5, 0.6) is 0 Å². The Morgan fingerprint density at radius 3 is 2.29 bits per heavy atom. The maximum Gasteiger partial charge on any atom is 0.221 e. The van der Waals surface area contributed by atoms with Gasteiger partial charge < -0.3 is 9.47 Å². The molecule has 10 heteroatoms. The quantitative estimate of drug-likeness (QED) is 0.517. The molecular formula is C25H29F2N5O2S. The standard InChI is InChI=1S/C25H29F2N5O2S/c1-18-7-10-23(19-5-3-2-4-6-19)35(33,34)32(18)15-20-8-9-22(25(27)24(20)26)30-13-11-21(12-14-30)31-16-28-29-17-31/h2-6,8-9,16-18,21,23H,7,10-15H2,1H3. The van der Waals surface area contributed by atoms with Crippen molar-refractivity contribution in [3.8, 4) is 0 Å². The lowest BCUT2D eigenvalue weighted by Gasteiger charge is -2.38. The van der Waals surface area contributed by atoms with Crippen molar-refractivity contribution in [2.24, 2.45) is 0 Å². The van der Waals surface area contributed by atoms with Crippen LogP contribution in [0.3, 0.4) is 0 Å². The minimum atomic E-state index is -3.73. The van der Waals surface area contributed by atoms with Gasteiger partial charge in [0, 0.05) is 37.3 Å². The Hall–Kier alpha value is -2.85. The molecule has 2 aromatic carbocycles. The molecule has 186 valence electrons. The molecule has 0 spiro atoms. The van der Waals surface area contributed by atoms with Crippen molar-refractivity contribution in [1.29, 1.82) is 0 Å². The fourth-order valence-electron chi connectivity index (χ4n) is 5.27. The van der Waals surface area contributed by atoms with Crippen molar-refractivity contribution in [2.75, 3.05) is 18.0 Å². The van der Waals surface area contributed by atoms with Gasteiger partial charge in [-0.15, -0.1) is 10.2 Å². The lowest BCUT2D eigenvalue weighted by atomic mass is 10.0. The summed E-state index contributed by atoms with van der Waals surface area (Å²) in [6.45, 7) is 2.79. The van der Waals surface area contributed by atoms with Crippen LogP contribution in [0.4, 0.5) is 14.5 Å². The van der Waals surface area contributed by atoms with Crippen LogP contribution in [0.25, 0.3) is 0 Å². The molecule has 2 saturated heterocycles. The topological polar surface area (TPSA) is 71.3 Å². The van der Waals surface area contributed by atoms with E-state index in [2.05, 4.69) is 10.2 Å². The highest BCUT2D eigenvalue weighted by molar-refractivity contribution is 7.89. The van der Waals surface area contributed by atoms with Gasteiger partial charge in [-0.25, -0.2) is 17.2 Å². The summed E-state index contributed by atoms with van der Waals surface area (Å²) < 4.78 is 60.6. The molecule has 3 aromatic rings. The van der Waals surface area contributed by atoms with Crippen LogP contribution in [-0.2, 0) is 16.6 Å². The first-order chi connectivity index (χ1) is 16.9. The van der Waals surface area contributed by atoms with Crippen LogP contribution in [0.1, 0.15) is 55.0 Å². The van der Waals surface area contributed by atoms with E-state index in [4.69, 9.17) is 0 Å². The number of rotatable bonds is 5. The second-order valence-corrected chi connectivity index (χ2v) is 11.5. The molecule has 2 atom stereocenters. The number of anilines is 1. The molecule has 3 heterocycles. The Kier molecular flexibility index (Phi) is 6.59. The molecule has 2 fully saturated rings. The second-order valence-electron chi connectivity index (χ2n) is 9.41. The van der Waals surface area contributed by atoms with E-state index < -0.39 is 26.9 Å². The average Bonchev–Trinajstić information content (AvgIpc) is 3.40. The zero-order chi connectivity index (χ0) is 24.6. The van der Waals surface area contributed by atoms with E-state index in [0.29, 0.717) is 25.9 Å². The third kappa shape index (κ3) is 4.56. The smallest absolute Gasteiger partial charge is 0.221 e. The van der Waals surface area contributed by atoms with Gasteiger partial charge in [-0.3, -0.25) is 0 Å². The number of hydrogen-bond acceptors (Lipinski definition) is 5. The molecule has 2 aliphatic rings. The summed E-state index contributed by atoms with van der Waals surface area (Å²) in [5.74, 6) is -1.90. The molecule has 5 rings (SSSR count). The van der Waals surface area contributed by atoms with E-state index in [1.165, 1.54) is 10.4 Å². The molecule has 35 heavy (non-hydrogen) atoms. The first kappa shape index (κ1) is 23.9. The van der Waals surface area contributed by atoms with Gasteiger partial charge in [0.1, 0.15) is 17.9 Å². The third-order valence-corrected chi connectivity index (χ3v) is 9.70. The summed E-state index contributed by atoms with van der Waals surface area (Å²) in [6.07, 6.45) is 6.05. The van der Waals surface area contributed by atoms with Crippen LogP contribution in [0.2, 0.25) is 0 Å². The van der Waals surface area contributed by atoms with Crippen LogP contribution < -0.4 is 4.90 Å². The molecule has 0 N–H and O–H groups in total. The second kappa shape index (κ2) is 9.66. The minimum Gasteiger partial charge on any atom is -0.369 e. The average molecular weight is 502 g/mol.